The van der Waals surface area contributed by atoms with Crippen LogP contribution in [0.4, 0.5) is 0 Å². The van der Waals surface area contributed by atoms with Crippen molar-refractivity contribution in [1.82, 2.24) is 10.4 Å². The molecule has 0 aliphatic heterocycles. The lowest BCUT2D eigenvalue weighted by atomic mass is 9.84. The van der Waals surface area contributed by atoms with Crippen molar-refractivity contribution in [2.75, 3.05) is 26.2 Å². The summed E-state index contributed by atoms with van der Waals surface area (Å²) in [4.78, 5) is 30.0. The molecule has 2 aliphatic rings. The Balaban J connectivity index is 0.000000328. The maximum absolute atomic E-state index is 12.0. The summed E-state index contributed by atoms with van der Waals surface area (Å²) in [5.74, 6) is 2.59. The van der Waals surface area contributed by atoms with Crippen LogP contribution >= 0.6 is 0 Å². The number of hydrogen-bond donors (Lipinski definition) is 2. The first-order chi connectivity index (χ1) is 17.0. The molecule has 0 heterocycles. The van der Waals surface area contributed by atoms with Crippen molar-refractivity contribution in [3.63, 3.8) is 0 Å². The third-order valence-corrected chi connectivity index (χ3v) is 5.99. The number of rotatable bonds is 15. The highest BCUT2D eigenvalue weighted by atomic mass is 16.6. The Kier molecular flexibility index (Phi) is 16.7. The van der Waals surface area contributed by atoms with E-state index < -0.39 is 0 Å². The smallest absolute Gasteiger partial charge is 0.225 e. The van der Waals surface area contributed by atoms with Gasteiger partial charge in [-0.1, -0.05) is 53.0 Å². The van der Waals surface area contributed by atoms with Crippen LogP contribution in [-0.4, -0.2) is 43.0 Å². The van der Waals surface area contributed by atoms with E-state index in [9.17, 15) is 9.59 Å². The van der Waals surface area contributed by atoms with E-state index in [1.165, 1.54) is 19.3 Å². The third kappa shape index (κ3) is 14.0. The number of nitrogens with one attached hydrogen (secondary N) is 1. The molecular formula is C28H49N3O4. The Morgan fingerprint density at radius 1 is 1.03 bits per heavy atom. The van der Waals surface area contributed by atoms with Crippen molar-refractivity contribution >= 4 is 11.8 Å². The van der Waals surface area contributed by atoms with Crippen molar-refractivity contribution in [2.45, 2.75) is 91.9 Å². The van der Waals surface area contributed by atoms with Crippen molar-refractivity contribution in [1.29, 1.82) is 0 Å². The van der Waals surface area contributed by atoms with Gasteiger partial charge in [0.2, 0.25) is 11.8 Å². The number of carbonyl (C=O) groups is 2. The molecule has 1 aromatic carbocycles. The van der Waals surface area contributed by atoms with Gasteiger partial charge in [-0.25, -0.2) is 0 Å². The zero-order chi connectivity index (χ0) is 25.9. The molecule has 200 valence electrons. The molecule has 0 unspecified atom stereocenters. The maximum Gasteiger partial charge on any atom is 0.225 e. The zero-order valence-electron chi connectivity index (χ0n) is 22.5. The van der Waals surface area contributed by atoms with Crippen LogP contribution in [0.25, 0.3) is 0 Å². The molecule has 7 nitrogen and oxygen atoms in total. The molecule has 2 fully saturated rings. The van der Waals surface area contributed by atoms with Gasteiger partial charge in [-0.3, -0.25) is 9.59 Å². The van der Waals surface area contributed by atoms with Crippen LogP contribution in [0.1, 0.15) is 91.9 Å². The fourth-order valence-corrected chi connectivity index (χ4v) is 3.35. The molecule has 1 aromatic rings. The normalized spacial score (nSPS) is 14.4. The first-order valence-electron chi connectivity index (χ1n) is 13.7. The van der Waals surface area contributed by atoms with Gasteiger partial charge in [-0.2, -0.15) is 5.48 Å². The van der Waals surface area contributed by atoms with Crippen LogP contribution in [0.3, 0.4) is 0 Å². The van der Waals surface area contributed by atoms with Gasteiger partial charge in [0.25, 0.3) is 0 Å². The summed E-state index contributed by atoms with van der Waals surface area (Å²) in [7, 11) is 0. The Bertz CT molecular complexity index is 705. The van der Waals surface area contributed by atoms with Gasteiger partial charge >= 0.3 is 0 Å². The standard InChI is InChI=1S/C14H21NO2.C12H22N2O2.C2H6/c1-2-3-9-15-17-14-6-4-5-13(10-14)16-11-12-7-8-12;1-2-3-8-14(9-7-11(13)15)12(16)10-5-4-6-10;1-2/h4-6,10,12,15H,2-3,7-9,11H2,1H3;10H,2-9H2,1H3,(H2,13,15);1-2H3. The molecule has 0 spiro atoms. The average Bonchev–Trinajstić information content (AvgIpc) is 3.66. The first-order valence-corrected chi connectivity index (χ1v) is 13.7. The van der Waals surface area contributed by atoms with Crippen LogP contribution in [0.2, 0.25) is 0 Å². The summed E-state index contributed by atoms with van der Waals surface area (Å²) >= 11 is 0. The van der Waals surface area contributed by atoms with Crippen molar-refractivity contribution < 1.29 is 19.2 Å². The predicted octanol–water partition coefficient (Wildman–Crippen LogP) is 5.48. The minimum Gasteiger partial charge on any atom is -0.493 e. The van der Waals surface area contributed by atoms with E-state index in [2.05, 4.69) is 19.3 Å². The Labute approximate surface area is 213 Å². The molecule has 0 radical (unpaired) electrons. The van der Waals surface area contributed by atoms with Crippen LogP contribution in [-0.2, 0) is 9.59 Å². The summed E-state index contributed by atoms with van der Waals surface area (Å²) < 4.78 is 5.69. The van der Waals surface area contributed by atoms with E-state index in [1.54, 1.807) is 0 Å². The van der Waals surface area contributed by atoms with Crippen molar-refractivity contribution in [3.05, 3.63) is 24.3 Å². The Hall–Kier alpha value is -2.28. The first kappa shape index (κ1) is 30.8. The molecule has 35 heavy (non-hydrogen) atoms. The monoisotopic (exact) mass is 491 g/mol. The number of benzene rings is 1. The van der Waals surface area contributed by atoms with Crippen LogP contribution in [0, 0.1) is 11.8 Å². The highest BCUT2D eigenvalue weighted by Gasteiger charge is 2.29. The van der Waals surface area contributed by atoms with Gasteiger partial charge in [0.05, 0.1) is 6.61 Å². The van der Waals surface area contributed by atoms with E-state index >= 15 is 0 Å². The molecular weight excluding hydrogens is 442 g/mol. The lowest BCUT2D eigenvalue weighted by Crippen LogP contribution is -2.41. The topological polar surface area (TPSA) is 93.9 Å². The Morgan fingerprint density at radius 3 is 2.29 bits per heavy atom. The number of carbonyl (C=O) groups excluding carboxylic acids is 2. The number of hydrogen-bond acceptors (Lipinski definition) is 5. The number of nitrogens with zero attached hydrogens (tertiary/aromatic N) is 1. The maximum atomic E-state index is 12.0. The highest BCUT2D eigenvalue weighted by molar-refractivity contribution is 5.80. The molecule has 3 rings (SSSR count). The van der Waals surface area contributed by atoms with E-state index in [-0.39, 0.29) is 24.2 Å². The summed E-state index contributed by atoms with van der Waals surface area (Å²) in [5.41, 5.74) is 8.07. The quantitative estimate of drug-likeness (QED) is 0.250. The minimum absolute atomic E-state index is 0.213. The second-order valence-corrected chi connectivity index (χ2v) is 9.10. The molecule has 0 saturated heterocycles. The Morgan fingerprint density at radius 2 is 1.71 bits per heavy atom. The molecule has 3 N–H and O–H groups in total. The lowest BCUT2D eigenvalue weighted by molar-refractivity contribution is -0.138. The van der Waals surface area contributed by atoms with Gasteiger partial charge in [0.15, 0.2) is 5.75 Å². The number of nitrogens with two attached hydrogens (primary N) is 1. The van der Waals surface area contributed by atoms with E-state index in [4.69, 9.17) is 15.3 Å². The average molecular weight is 492 g/mol. The van der Waals surface area contributed by atoms with Crippen LogP contribution in [0.15, 0.2) is 24.3 Å². The molecule has 2 aliphatic carbocycles. The number of unbranched alkanes of at least 4 members (excludes halogenated alkanes) is 2. The zero-order valence-corrected chi connectivity index (χ0v) is 22.5. The van der Waals surface area contributed by atoms with E-state index in [0.29, 0.717) is 6.54 Å². The molecule has 0 atom stereocenters. The highest BCUT2D eigenvalue weighted by Crippen LogP contribution is 2.30. The number of hydroxylamine groups is 1. The fraction of sp³-hybridized carbons (Fsp3) is 0.714. The summed E-state index contributed by atoms with van der Waals surface area (Å²) in [6.45, 7) is 11.2. The summed E-state index contributed by atoms with van der Waals surface area (Å²) in [6, 6.07) is 7.80. The number of amides is 2. The second-order valence-electron chi connectivity index (χ2n) is 9.10. The van der Waals surface area contributed by atoms with E-state index in [0.717, 1.165) is 75.6 Å². The van der Waals surface area contributed by atoms with Crippen molar-refractivity contribution in [3.8, 4) is 11.5 Å². The molecule has 0 aromatic heterocycles. The summed E-state index contributed by atoms with van der Waals surface area (Å²) in [6.07, 6.45) is 10.4. The van der Waals surface area contributed by atoms with Gasteiger partial charge in [0, 0.05) is 38.0 Å². The molecule has 2 amide bonds. The van der Waals surface area contributed by atoms with Crippen LogP contribution < -0.4 is 20.8 Å². The molecule has 0 bridgehead atoms. The van der Waals surface area contributed by atoms with Gasteiger partial charge < -0.3 is 20.2 Å². The fourth-order valence-electron chi connectivity index (χ4n) is 3.35. The van der Waals surface area contributed by atoms with Gasteiger partial charge in [0.1, 0.15) is 5.75 Å². The van der Waals surface area contributed by atoms with Crippen LogP contribution in [0.5, 0.6) is 11.5 Å². The van der Waals surface area contributed by atoms with Gasteiger partial charge in [-0.05, 0) is 56.6 Å². The summed E-state index contributed by atoms with van der Waals surface area (Å²) in [5, 5.41) is 0. The number of ether oxygens (including phenoxy) is 1. The van der Waals surface area contributed by atoms with E-state index in [1.807, 2.05) is 43.0 Å². The third-order valence-electron chi connectivity index (χ3n) is 5.99. The SMILES string of the molecule is CC.CCCCN(CCC(N)=O)C(=O)C1CCC1.CCCCNOc1cccc(OCC2CC2)c1. The molecule has 7 heteroatoms. The number of primary amides is 1. The predicted molar refractivity (Wildman–Crippen MR) is 142 cm³/mol. The molecule has 2 saturated carbocycles. The minimum atomic E-state index is -0.331. The van der Waals surface area contributed by atoms with Crippen molar-refractivity contribution in [2.24, 2.45) is 17.6 Å². The lowest BCUT2D eigenvalue weighted by Gasteiger charge is -2.31. The largest absolute Gasteiger partial charge is 0.493 e. The second kappa shape index (κ2) is 19.0. The van der Waals surface area contributed by atoms with Gasteiger partial charge in [-0.15, -0.1) is 0 Å².